The van der Waals surface area contributed by atoms with Crippen molar-refractivity contribution in [2.75, 3.05) is 13.7 Å². The zero-order valence-electron chi connectivity index (χ0n) is 14.3. The minimum absolute atomic E-state index is 0.0363. The number of ether oxygens (including phenoxy) is 2. The van der Waals surface area contributed by atoms with Crippen LogP contribution in [-0.2, 0) is 11.3 Å². The number of carbonyl (C=O) groups excluding carboxylic acids is 1. The molecule has 7 nitrogen and oxygen atoms in total. The van der Waals surface area contributed by atoms with Gasteiger partial charge >= 0.3 is 6.61 Å². The van der Waals surface area contributed by atoms with Crippen molar-refractivity contribution in [3.05, 3.63) is 58.0 Å². The first kappa shape index (κ1) is 19.5. The number of nitrogens with one attached hydrogen (secondary N) is 1. The summed E-state index contributed by atoms with van der Waals surface area (Å²) in [5, 5.41) is 6.75. The largest absolute Gasteiger partial charge is 0.435 e. The summed E-state index contributed by atoms with van der Waals surface area (Å²) in [6, 6.07) is 8.15. The molecule has 1 atom stereocenters. The van der Waals surface area contributed by atoms with Gasteiger partial charge in [0.15, 0.2) is 0 Å². The summed E-state index contributed by atoms with van der Waals surface area (Å²) in [6.07, 6.45) is 0. The molecule has 0 saturated heterocycles. The van der Waals surface area contributed by atoms with Crippen molar-refractivity contribution in [3.8, 4) is 5.75 Å². The Morgan fingerprint density at radius 1 is 1.23 bits per heavy atom. The maximum atomic E-state index is 12.3. The lowest BCUT2D eigenvalue weighted by molar-refractivity contribution is -0.0498. The number of amides is 1. The summed E-state index contributed by atoms with van der Waals surface area (Å²) in [5.74, 6) is -0.425. The van der Waals surface area contributed by atoms with E-state index < -0.39 is 18.6 Å². The molecule has 1 unspecified atom stereocenters. The highest BCUT2D eigenvalue weighted by Gasteiger charge is 2.14. The average Bonchev–Trinajstić information content (AvgIpc) is 2.61. The van der Waals surface area contributed by atoms with Crippen molar-refractivity contribution >= 4 is 5.91 Å². The highest BCUT2D eigenvalue weighted by molar-refractivity contribution is 5.92. The Labute approximate surface area is 148 Å². The maximum absolute atomic E-state index is 12.3. The molecule has 9 heteroatoms. The van der Waals surface area contributed by atoms with Gasteiger partial charge in [-0.2, -0.15) is 13.9 Å². The predicted molar refractivity (Wildman–Crippen MR) is 89.3 cm³/mol. The third-order valence-corrected chi connectivity index (χ3v) is 3.56. The number of rotatable bonds is 8. The van der Waals surface area contributed by atoms with Crippen LogP contribution in [0.25, 0.3) is 0 Å². The van der Waals surface area contributed by atoms with Crippen LogP contribution in [0.1, 0.15) is 29.0 Å². The lowest BCUT2D eigenvalue weighted by Crippen LogP contribution is -2.31. The van der Waals surface area contributed by atoms with Crippen LogP contribution in [0.3, 0.4) is 0 Å². The minimum atomic E-state index is -2.89. The quantitative estimate of drug-likeness (QED) is 0.772. The second kappa shape index (κ2) is 9.04. The Morgan fingerprint density at radius 3 is 2.54 bits per heavy atom. The molecule has 0 saturated carbocycles. The number of nitrogens with zero attached hydrogens (tertiary/aromatic N) is 2. The summed E-state index contributed by atoms with van der Waals surface area (Å²) < 4.78 is 34.7. The fourth-order valence-corrected chi connectivity index (χ4v) is 2.20. The molecule has 1 amide bonds. The molecule has 0 fully saturated rings. The van der Waals surface area contributed by atoms with E-state index in [9.17, 15) is 18.4 Å². The average molecular weight is 367 g/mol. The fraction of sp³-hybridized carbons (Fsp3) is 0.353. The van der Waals surface area contributed by atoms with Gasteiger partial charge in [-0.15, -0.1) is 0 Å². The van der Waals surface area contributed by atoms with Crippen molar-refractivity contribution in [1.29, 1.82) is 0 Å². The first-order valence-corrected chi connectivity index (χ1v) is 7.83. The van der Waals surface area contributed by atoms with E-state index in [2.05, 4.69) is 15.2 Å². The van der Waals surface area contributed by atoms with Crippen LogP contribution < -0.4 is 15.6 Å². The summed E-state index contributed by atoms with van der Waals surface area (Å²) >= 11 is 0. The van der Waals surface area contributed by atoms with Gasteiger partial charge in [0.2, 0.25) is 0 Å². The molecule has 0 aliphatic heterocycles. The Morgan fingerprint density at radius 2 is 1.92 bits per heavy atom. The molecule has 1 aromatic heterocycles. The van der Waals surface area contributed by atoms with Gasteiger partial charge in [-0.05, 0) is 30.7 Å². The van der Waals surface area contributed by atoms with E-state index in [0.717, 1.165) is 4.68 Å². The topological polar surface area (TPSA) is 82.5 Å². The van der Waals surface area contributed by atoms with Gasteiger partial charge in [-0.3, -0.25) is 9.59 Å². The zero-order valence-corrected chi connectivity index (χ0v) is 14.3. The van der Waals surface area contributed by atoms with Gasteiger partial charge in [-0.25, -0.2) is 4.68 Å². The van der Waals surface area contributed by atoms with Crippen molar-refractivity contribution in [2.45, 2.75) is 26.1 Å². The fourth-order valence-electron chi connectivity index (χ4n) is 2.20. The molecule has 0 bridgehead atoms. The second-order valence-corrected chi connectivity index (χ2v) is 5.42. The molecule has 1 heterocycles. The van der Waals surface area contributed by atoms with Crippen LogP contribution in [0.4, 0.5) is 8.78 Å². The van der Waals surface area contributed by atoms with Crippen LogP contribution in [0.2, 0.25) is 0 Å². The number of benzene rings is 1. The van der Waals surface area contributed by atoms with E-state index in [-0.39, 0.29) is 23.5 Å². The van der Waals surface area contributed by atoms with Gasteiger partial charge < -0.3 is 14.8 Å². The molecule has 2 aromatic rings. The van der Waals surface area contributed by atoms with E-state index in [1.54, 1.807) is 19.1 Å². The highest BCUT2D eigenvalue weighted by Crippen LogP contribution is 2.19. The van der Waals surface area contributed by atoms with Crippen molar-refractivity contribution < 1.29 is 23.0 Å². The van der Waals surface area contributed by atoms with Crippen LogP contribution in [0.5, 0.6) is 5.75 Å². The monoisotopic (exact) mass is 367 g/mol. The molecular weight excluding hydrogens is 348 g/mol. The predicted octanol–water partition coefficient (Wildman–Crippen LogP) is 1.98. The summed E-state index contributed by atoms with van der Waals surface area (Å²) in [7, 11) is 1.50. The molecule has 0 spiro atoms. The Hall–Kier alpha value is -2.81. The summed E-state index contributed by atoms with van der Waals surface area (Å²) in [6.45, 7) is -0.626. The molecule has 0 aliphatic rings. The van der Waals surface area contributed by atoms with Crippen molar-refractivity contribution in [1.82, 2.24) is 15.1 Å². The summed E-state index contributed by atoms with van der Waals surface area (Å²) in [5.41, 5.74) is 0.458. The van der Waals surface area contributed by atoms with Crippen LogP contribution in [0.15, 0.2) is 41.2 Å². The number of hydrogen-bond acceptors (Lipinski definition) is 5. The van der Waals surface area contributed by atoms with Crippen LogP contribution in [0, 0.1) is 0 Å². The third-order valence-electron chi connectivity index (χ3n) is 3.56. The number of carbonyl (C=O) groups is 1. The molecule has 2 rings (SSSR count). The summed E-state index contributed by atoms with van der Waals surface area (Å²) in [4.78, 5) is 24.0. The maximum Gasteiger partial charge on any atom is 0.387 e. The van der Waals surface area contributed by atoms with Gasteiger partial charge in [0.25, 0.3) is 11.5 Å². The van der Waals surface area contributed by atoms with E-state index >= 15 is 0 Å². The normalized spacial score (nSPS) is 12.0. The van der Waals surface area contributed by atoms with Gasteiger partial charge in [0.1, 0.15) is 11.4 Å². The lowest BCUT2D eigenvalue weighted by Gasteiger charge is -2.15. The van der Waals surface area contributed by atoms with E-state index in [0.29, 0.717) is 12.2 Å². The van der Waals surface area contributed by atoms with Crippen molar-refractivity contribution in [2.24, 2.45) is 0 Å². The second-order valence-electron chi connectivity index (χ2n) is 5.42. The standard InChI is InChI=1S/C17H19F2N3O4/c1-11(12-3-5-13(6-4-12)26-17(18)19)20-16(24)14-7-8-15(23)22(21-14)9-10-25-2/h3-8,11,17H,9-10H2,1-2H3,(H,20,24). The molecule has 140 valence electrons. The minimum Gasteiger partial charge on any atom is -0.435 e. The van der Waals surface area contributed by atoms with E-state index in [1.165, 1.54) is 31.4 Å². The lowest BCUT2D eigenvalue weighted by atomic mass is 10.1. The number of aromatic nitrogens is 2. The smallest absolute Gasteiger partial charge is 0.387 e. The van der Waals surface area contributed by atoms with E-state index in [4.69, 9.17) is 4.74 Å². The number of halogens is 2. The Balaban J connectivity index is 2.05. The molecule has 26 heavy (non-hydrogen) atoms. The Kier molecular flexibility index (Phi) is 6.79. The number of alkyl halides is 2. The third kappa shape index (κ3) is 5.35. The first-order valence-electron chi connectivity index (χ1n) is 7.83. The number of methoxy groups -OCH3 is 1. The van der Waals surface area contributed by atoms with Crippen LogP contribution in [-0.4, -0.2) is 36.0 Å². The van der Waals surface area contributed by atoms with Gasteiger partial charge in [0.05, 0.1) is 19.2 Å². The van der Waals surface area contributed by atoms with E-state index in [1.807, 2.05) is 0 Å². The first-order chi connectivity index (χ1) is 12.4. The molecule has 0 aliphatic carbocycles. The zero-order chi connectivity index (χ0) is 19.1. The van der Waals surface area contributed by atoms with Gasteiger partial charge in [0, 0.05) is 13.2 Å². The molecular formula is C17H19F2N3O4. The molecule has 1 N–H and O–H groups in total. The van der Waals surface area contributed by atoms with Crippen molar-refractivity contribution in [3.63, 3.8) is 0 Å². The highest BCUT2D eigenvalue weighted by atomic mass is 19.3. The van der Waals surface area contributed by atoms with Gasteiger partial charge in [-0.1, -0.05) is 12.1 Å². The molecule has 1 aromatic carbocycles. The number of hydrogen-bond donors (Lipinski definition) is 1. The molecule has 0 radical (unpaired) electrons. The Bertz CT molecular complexity index is 793. The SMILES string of the molecule is COCCn1nc(C(=O)NC(C)c2ccc(OC(F)F)cc2)ccc1=O. The van der Waals surface area contributed by atoms with Crippen LogP contribution >= 0.6 is 0 Å².